The zero-order chi connectivity index (χ0) is 18.1. The molecule has 4 rings (SSSR count). The highest BCUT2D eigenvalue weighted by Gasteiger charge is 2.09. The van der Waals surface area contributed by atoms with E-state index < -0.39 is 0 Å². The van der Waals surface area contributed by atoms with Crippen LogP contribution in [0.5, 0.6) is 0 Å². The van der Waals surface area contributed by atoms with Crippen molar-refractivity contribution in [3.63, 3.8) is 0 Å². The quantitative estimate of drug-likeness (QED) is 0.561. The van der Waals surface area contributed by atoms with Gasteiger partial charge in [-0.3, -0.25) is 4.79 Å². The van der Waals surface area contributed by atoms with Gasteiger partial charge in [0.1, 0.15) is 11.3 Å². The summed E-state index contributed by atoms with van der Waals surface area (Å²) >= 11 is 0. The molecule has 0 aliphatic heterocycles. The summed E-state index contributed by atoms with van der Waals surface area (Å²) < 4.78 is 16.3. The van der Waals surface area contributed by atoms with Crippen molar-refractivity contribution in [2.45, 2.75) is 19.9 Å². The predicted octanol–water partition coefficient (Wildman–Crippen LogP) is 3.91. The zero-order valence-electron chi connectivity index (χ0n) is 14.4. The molecule has 0 fully saturated rings. The minimum absolute atomic E-state index is 0.124. The van der Waals surface area contributed by atoms with Gasteiger partial charge < -0.3 is 4.57 Å². The number of halogens is 1. The van der Waals surface area contributed by atoms with Gasteiger partial charge in [-0.1, -0.05) is 43.3 Å². The average molecular weight is 347 g/mol. The van der Waals surface area contributed by atoms with E-state index in [0.717, 1.165) is 23.2 Å². The predicted molar refractivity (Wildman–Crippen MR) is 99.8 cm³/mol. The summed E-state index contributed by atoms with van der Waals surface area (Å²) in [6.07, 6.45) is 4.46. The number of aryl methyl sites for hydroxylation is 1. The Morgan fingerprint density at radius 1 is 0.962 bits per heavy atom. The van der Waals surface area contributed by atoms with E-state index >= 15 is 0 Å². The molecule has 0 bridgehead atoms. The lowest BCUT2D eigenvalue weighted by Crippen LogP contribution is -2.21. The number of fused-ring (bicyclic) bond motifs is 1. The van der Waals surface area contributed by atoms with Crippen molar-refractivity contribution in [1.29, 1.82) is 0 Å². The van der Waals surface area contributed by atoms with Crippen molar-refractivity contribution in [3.05, 3.63) is 94.3 Å². The second-order valence-electron chi connectivity index (χ2n) is 6.27. The first-order chi connectivity index (χ1) is 12.6. The van der Waals surface area contributed by atoms with Gasteiger partial charge in [0.05, 0.1) is 12.2 Å². The van der Waals surface area contributed by atoms with E-state index in [0.29, 0.717) is 12.1 Å². The Hall–Kier alpha value is -3.21. The highest BCUT2D eigenvalue weighted by atomic mass is 19.1. The summed E-state index contributed by atoms with van der Waals surface area (Å²) in [5.41, 5.74) is 4.27. The molecule has 0 amide bonds. The SMILES string of the molecule is CCc1ccc(-c2cc3c(=O)n(Cc4ccc(F)cc4)ccn3n2)cc1. The van der Waals surface area contributed by atoms with Crippen molar-refractivity contribution in [3.8, 4) is 11.3 Å². The normalized spacial score (nSPS) is 11.2. The number of rotatable bonds is 4. The van der Waals surface area contributed by atoms with E-state index in [-0.39, 0.29) is 11.4 Å². The average Bonchev–Trinajstić information content (AvgIpc) is 3.11. The van der Waals surface area contributed by atoms with Gasteiger partial charge in [-0.25, -0.2) is 8.91 Å². The first kappa shape index (κ1) is 16.3. The second kappa shape index (κ2) is 6.59. The molecule has 0 saturated carbocycles. The van der Waals surface area contributed by atoms with Crippen molar-refractivity contribution in [2.75, 3.05) is 0 Å². The third-order valence-electron chi connectivity index (χ3n) is 4.53. The first-order valence-electron chi connectivity index (χ1n) is 8.56. The number of aromatic nitrogens is 3. The Bertz CT molecular complexity index is 1110. The molecule has 0 N–H and O–H groups in total. The van der Waals surface area contributed by atoms with Crippen LogP contribution in [0.25, 0.3) is 16.8 Å². The van der Waals surface area contributed by atoms with E-state index in [1.165, 1.54) is 17.7 Å². The van der Waals surface area contributed by atoms with Crippen molar-refractivity contribution >= 4 is 5.52 Å². The van der Waals surface area contributed by atoms with Gasteiger partial charge in [-0.2, -0.15) is 5.10 Å². The molecule has 2 aromatic carbocycles. The summed E-state index contributed by atoms with van der Waals surface area (Å²) in [5, 5.41) is 4.51. The Kier molecular flexibility index (Phi) is 4.13. The molecular formula is C21H18FN3O. The van der Waals surface area contributed by atoms with Gasteiger partial charge >= 0.3 is 0 Å². The maximum absolute atomic E-state index is 13.0. The molecule has 5 heteroatoms. The molecule has 4 aromatic rings. The summed E-state index contributed by atoms with van der Waals surface area (Å²) in [4.78, 5) is 12.8. The Morgan fingerprint density at radius 3 is 2.35 bits per heavy atom. The van der Waals surface area contributed by atoms with Crippen LogP contribution in [0.15, 0.2) is 71.8 Å². The third kappa shape index (κ3) is 3.04. The molecule has 4 nitrogen and oxygen atoms in total. The lowest BCUT2D eigenvalue weighted by atomic mass is 10.1. The fraction of sp³-hybridized carbons (Fsp3) is 0.143. The Balaban J connectivity index is 1.71. The molecule has 26 heavy (non-hydrogen) atoms. The molecule has 0 saturated heterocycles. The Labute approximate surface area is 150 Å². The van der Waals surface area contributed by atoms with E-state index in [9.17, 15) is 9.18 Å². The largest absolute Gasteiger partial charge is 0.308 e. The second-order valence-corrected chi connectivity index (χ2v) is 6.27. The van der Waals surface area contributed by atoms with Gasteiger partial charge in [0.15, 0.2) is 0 Å². The molecular weight excluding hydrogens is 329 g/mol. The lowest BCUT2D eigenvalue weighted by molar-refractivity contribution is 0.626. The fourth-order valence-corrected chi connectivity index (χ4v) is 2.99. The maximum Gasteiger partial charge on any atom is 0.276 e. The molecule has 0 unspecified atom stereocenters. The van der Waals surface area contributed by atoms with E-state index in [1.54, 1.807) is 33.6 Å². The molecule has 0 radical (unpaired) electrons. The minimum Gasteiger partial charge on any atom is -0.308 e. The van der Waals surface area contributed by atoms with Crippen LogP contribution >= 0.6 is 0 Å². The topological polar surface area (TPSA) is 39.3 Å². The van der Waals surface area contributed by atoms with Crippen LogP contribution in [0.4, 0.5) is 4.39 Å². The highest BCUT2D eigenvalue weighted by molar-refractivity contribution is 5.65. The lowest BCUT2D eigenvalue weighted by Gasteiger charge is -2.06. The molecule has 0 spiro atoms. The highest BCUT2D eigenvalue weighted by Crippen LogP contribution is 2.19. The molecule has 2 heterocycles. The number of nitrogens with zero attached hydrogens (tertiary/aromatic N) is 3. The number of benzene rings is 2. The molecule has 2 aromatic heterocycles. The van der Waals surface area contributed by atoms with Crippen LogP contribution in [0.1, 0.15) is 18.1 Å². The van der Waals surface area contributed by atoms with Gasteiger partial charge in [0.25, 0.3) is 5.56 Å². The van der Waals surface area contributed by atoms with Crippen LogP contribution in [0.2, 0.25) is 0 Å². The number of hydrogen-bond donors (Lipinski definition) is 0. The van der Waals surface area contributed by atoms with Crippen LogP contribution in [0.3, 0.4) is 0 Å². The van der Waals surface area contributed by atoms with Crippen molar-refractivity contribution < 1.29 is 4.39 Å². The molecule has 0 atom stereocenters. The van der Waals surface area contributed by atoms with Crippen molar-refractivity contribution in [2.24, 2.45) is 0 Å². The first-order valence-corrected chi connectivity index (χ1v) is 8.56. The third-order valence-corrected chi connectivity index (χ3v) is 4.53. The van der Waals surface area contributed by atoms with E-state index in [1.807, 2.05) is 18.2 Å². The number of hydrogen-bond acceptors (Lipinski definition) is 2. The van der Waals surface area contributed by atoms with Crippen LogP contribution in [-0.4, -0.2) is 14.2 Å². The summed E-state index contributed by atoms with van der Waals surface area (Å²) in [7, 11) is 0. The smallest absolute Gasteiger partial charge is 0.276 e. The zero-order valence-corrected chi connectivity index (χ0v) is 14.4. The van der Waals surface area contributed by atoms with Gasteiger partial charge in [-0.15, -0.1) is 0 Å². The summed E-state index contributed by atoms with van der Waals surface area (Å²) in [5.74, 6) is -0.286. The minimum atomic E-state index is -0.286. The summed E-state index contributed by atoms with van der Waals surface area (Å²) in [6, 6.07) is 16.2. The standard InChI is InChI=1S/C21H18FN3O/c1-2-15-3-7-17(8-4-15)19-13-20-21(26)24(11-12-25(20)23-19)14-16-5-9-18(22)10-6-16/h3-13H,2,14H2,1H3. The van der Waals surface area contributed by atoms with Crippen LogP contribution in [0, 0.1) is 5.82 Å². The van der Waals surface area contributed by atoms with Crippen LogP contribution < -0.4 is 5.56 Å². The Morgan fingerprint density at radius 2 is 1.65 bits per heavy atom. The van der Waals surface area contributed by atoms with Crippen molar-refractivity contribution in [1.82, 2.24) is 14.2 Å². The fourth-order valence-electron chi connectivity index (χ4n) is 2.99. The summed E-state index contributed by atoms with van der Waals surface area (Å²) in [6.45, 7) is 2.50. The molecule has 0 aliphatic carbocycles. The van der Waals surface area contributed by atoms with Gasteiger partial charge in [0.2, 0.25) is 0 Å². The monoisotopic (exact) mass is 347 g/mol. The maximum atomic E-state index is 13.0. The van der Waals surface area contributed by atoms with Gasteiger partial charge in [-0.05, 0) is 35.7 Å². The van der Waals surface area contributed by atoms with Gasteiger partial charge in [0, 0.05) is 18.0 Å². The molecule has 0 aliphatic rings. The van der Waals surface area contributed by atoms with E-state index in [2.05, 4.69) is 24.2 Å². The van der Waals surface area contributed by atoms with Crippen LogP contribution in [-0.2, 0) is 13.0 Å². The van der Waals surface area contributed by atoms with E-state index in [4.69, 9.17) is 0 Å². The molecule has 130 valence electrons.